The van der Waals surface area contributed by atoms with Gasteiger partial charge in [-0.2, -0.15) is 0 Å². The van der Waals surface area contributed by atoms with E-state index < -0.39 is 11.6 Å². The van der Waals surface area contributed by atoms with Crippen molar-refractivity contribution in [2.24, 2.45) is 4.99 Å². The van der Waals surface area contributed by atoms with E-state index in [1.807, 2.05) is 36.4 Å². The number of rotatable bonds is 13. The fraction of sp³-hybridized carbons (Fsp3) is 0.267. The molecule has 1 aliphatic heterocycles. The Labute approximate surface area is 235 Å². The van der Waals surface area contributed by atoms with Crippen LogP contribution in [0, 0.1) is 5.82 Å². The number of aliphatic hydroxyl groups is 1. The highest BCUT2D eigenvalue weighted by atomic mass is 79.9. The molecule has 3 aromatic carbocycles. The van der Waals surface area contributed by atoms with Gasteiger partial charge in [0.15, 0.2) is 11.6 Å². The molecule has 3 aromatic rings. The van der Waals surface area contributed by atoms with Crippen molar-refractivity contribution < 1.29 is 23.8 Å². The maximum absolute atomic E-state index is 13.7. The second-order valence-corrected chi connectivity index (χ2v) is 10.0. The van der Waals surface area contributed by atoms with Crippen molar-refractivity contribution in [1.82, 2.24) is 10.9 Å². The molecule has 0 aromatic heterocycles. The maximum atomic E-state index is 13.7. The van der Waals surface area contributed by atoms with Crippen LogP contribution in [0.3, 0.4) is 0 Å². The lowest BCUT2D eigenvalue weighted by molar-refractivity contribution is -0.129. The molecule has 0 unspecified atom stereocenters. The molecule has 4 rings (SSSR count). The molecule has 39 heavy (non-hydrogen) atoms. The molecule has 7 nitrogen and oxygen atoms in total. The van der Waals surface area contributed by atoms with Crippen LogP contribution in [0.25, 0.3) is 0 Å². The van der Waals surface area contributed by atoms with Gasteiger partial charge in [-0.1, -0.05) is 46.3 Å². The molecule has 9 heteroatoms. The first-order valence-corrected chi connectivity index (χ1v) is 13.5. The fourth-order valence-electron chi connectivity index (χ4n) is 4.28. The second-order valence-electron chi connectivity index (χ2n) is 9.09. The SMILES string of the molecule is C=CC[C@]1(C(=O)NNCCc2ccc(F)cc2)N=C(c2ccc(OCCCO)cc2)O[C@H]1c1ccc(Br)cc1. The van der Waals surface area contributed by atoms with Crippen LogP contribution in [0.15, 0.2) is 94.9 Å². The topological polar surface area (TPSA) is 92.2 Å². The van der Waals surface area contributed by atoms with E-state index in [2.05, 4.69) is 33.4 Å². The summed E-state index contributed by atoms with van der Waals surface area (Å²) < 4.78 is 26.1. The molecule has 1 aliphatic rings. The standard InChI is InChI=1S/C30H31BrFN3O4/c1-2-17-30(29(37)35-33-18-16-21-4-12-25(32)13-5-21)27(22-6-10-24(31)11-7-22)39-28(34-30)23-8-14-26(15-9-23)38-20-3-19-36/h2,4-15,27,33,36H,1,3,16-20H2,(H,35,37)/t27-,30-/m0/s1. The normalized spacial score (nSPS) is 18.2. The summed E-state index contributed by atoms with van der Waals surface area (Å²) in [6, 6.07) is 21.1. The quantitative estimate of drug-likeness (QED) is 0.146. The van der Waals surface area contributed by atoms with Crippen molar-refractivity contribution in [3.05, 3.63) is 112 Å². The third kappa shape index (κ3) is 7.11. The number of carbonyl (C=O) groups is 1. The summed E-state index contributed by atoms with van der Waals surface area (Å²) in [6.07, 6.45) is 2.35. The molecular weight excluding hydrogens is 565 g/mol. The molecule has 0 radical (unpaired) electrons. The van der Waals surface area contributed by atoms with Crippen LogP contribution < -0.4 is 15.6 Å². The van der Waals surface area contributed by atoms with Gasteiger partial charge in [0.2, 0.25) is 5.90 Å². The molecule has 1 amide bonds. The predicted octanol–water partition coefficient (Wildman–Crippen LogP) is 5.05. The van der Waals surface area contributed by atoms with Crippen molar-refractivity contribution in [3.8, 4) is 5.75 Å². The third-order valence-electron chi connectivity index (χ3n) is 6.31. The first-order valence-electron chi connectivity index (χ1n) is 12.7. The van der Waals surface area contributed by atoms with E-state index >= 15 is 0 Å². The molecule has 0 aliphatic carbocycles. The summed E-state index contributed by atoms with van der Waals surface area (Å²) in [5.74, 6) is 0.362. The van der Waals surface area contributed by atoms with Crippen LogP contribution in [0.5, 0.6) is 5.75 Å². The monoisotopic (exact) mass is 595 g/mol. The minimum Gasteiger partial charge on any atom is -0.494 e. The highest BCUT2D eigenvalue weighted by Gasteiger charge is 2.52. The highest BCUT2D eigenvalue weighted by Crippen LogP contribution is 2.43. The Bertz CT molecular complexity index is 1280. The third-order valence-corrected chi connectivity index (χ3v) is 6.84. The van der Waals surface area contributed by atoms with E-state index in [0.717, 1.165) is 15.6 Å². The van der Waals surface area contributed by atoms with Crippen LogP contribution in [0.4, 0.5) is 4.39 Å². The van der Waals surface area contributed by atoms with Crippen molar-refractivity contribution in [2.45, 2.75) is 30.9 Å². The Hall–Kier alpha value is -3.53. The number of halogens is 2. The Morgan fingerprint density at radius 2 is 1.85 bits per heavy atom. The smallest absolute Gasteiger partial charge is 0.266 e. The Morgan fingerprint density at radius 1 is 1.13 bits per heavy atom. The van der Waals surface area contributed by atoms with Crippen LogP contribution >= 0.6 is 15.9 Å². The van der Waals surface area contributed by atoms with Gasteiger partial charge in [-0.05, 0) is 66.1 Å². The zero-order valence-corrected chi connectivity index (χ0v) is 23.0. The molecule has 204 valence electrons. The first kappa shape index (κ1) is 28.5. The van der Waals surface area contributed by atoms with Crippen LogP contribution in [-0.2, 0) is 16.0 Å². The summed E-state index contributed by atoms with van der Waals surface area (Å²) in [5, 5.41) is 8.96. The highest BCUT2D eigenvalue weighted by molar-refractivity contribution is 9.10. The molecule has 3 N–H and O–H groups in total. The number of aliphatic imine (C=N–C) groups is 1. The summed E-state index contributed by atoms with van der Waals surface area (Å²) in [6.45, 7) is 4.81. The lowest BCUT2D eigenvalue weighted by atomic mass is 9.84. The number of nitrogens with zero attached hydrogens (tertiary/aromatic N) is 1. The number of ether oxygens (including phenoxy) is 2. The van der Waals surface area contributed by atoms with Gasteiger partial charge in [0.1, 0.15) is 11.6 Å². The number of benzene rings is 3. The number of aliphatic hydroxyl groups excluding tert-OH is 1. The predicted molar refractivity (Wildman–Crippen MR) is 152 cm³/mol. The number of carbonyl (C=O) groups excluding carboxylic acids is 1. The van der Waals surface area contributed by atoms with Gasteiger partial charge < -0.3 is 14.6 Å². The molecule has 0 bridgehead atoms. The summed E-state index contributed by atoms with van der Waals surface area (Å²) in [4.78, 5) is 18.6. The van der Waals surface area contributed by atoms with E-state index in [4.69, 9.17) is 19.6 Å². The summed E-state index contributed by atoms with van der Waals surface area (Å²) in [7, 11) is 0. The fourth-order valence-corrected chi connectivity index (χ4v) is 4.55. The van der Waals surface area contributed by atoms with E-state index in [1.165, 1.54) is 12.1 Å². The van der Waals surface area contributed by atoms with Gasteiger partial charge in [-0.3, -0.25) is 10.2 Å². The largest absolute Gasteiger partial charge is 0.494 e. The minimum atomic E-state index is -1.30. The maximum Gasteiger partial charge on any atom is 0.266 e. The number of hydrogen-bond donors (Lipinski definition) is 3. The van der Waals surface area contributed by atoms with Gasteiger partial charge in [0.25, 0.3) is 5.91 Å². The lowest BCUT2D eigenvalue weighted by Gasteiger charge is -2.29. The van der Waals surface area contributed by atoms with Gasteiger partial charge >= 0.3 is 0 Å². The zero-order valence-electron chi connectivity index (χ0n) is 21.4. The molecule has 0 saturated heterocycles. The zero-order chi connectivity index (χ0) is 27.7. The number of hydrogen-bond acceptors (Lipinski definition) is 6. The van der Waals surface area contributed by atoms with Gasteiger partial charge in [0.05, 0.1) is 6.61 Å². The average Bonchev–Trinajstić information content (AvgIpc) is 3.33. The van der Waals surface area contributed by atoms with Crippen LogP contribution in [-0.4, -0.2) is 42.2 Å². The van der Waals surface area contributed by atoms with Crippen molar-refractivity contribution >= 4 is 27.7 Å². The van der Waals surface area contributed by atoms with Crippen molar-refractivity contribution in [1.29, 1.82) is 0 Å². The average molecular weight is 596 g/mol. The number of nitrogens with one attached hydrogen (secondary N) is 2. The lowest BCUT2D eigenvalue weighted by Crippen LogP contribution is -2.52. The first-order chi connectivity index (χ1) is 18.9. The molecule has 2 atom stereocenters. The number of hydrazine groups is 1. The van der Waals surface area contributed by atoms with Crippen LogP contribution in [0.1, 0.15) is 35.6 Å². The molecule has 0 saturated carbocycles. The van der Waals surface area contributed by atoms with Gasteiger partial charge in [0, 0.05) is 36.0 Å². The van der Waals surface area contributed by atoms with E-state index in [-0.39, 0.29) is 24.8 Å². The molecule has 0 spiro atoms. The van der Waals surface area contributed by atoms with E-state index in [1.54, 1.807) is 30.3 Å². The minimum absolute atomic E-state index is 0.0642. The molecule has 1 heterocycles. The van der Waals surface area contributed by atoms with E-state index in [9.17, 15) is 9.18 Å². The molecule has 0 fully saturated rings. The Kier molecular flexibility index (Phi) is 9.86. The van der Waals surface area contributed by atoms with Gasteiger partial charge in [-0.15, -0.1) is 6.58 Å². The molecular formula is C30H31BrFN3O4. The van der Waals surface area contributed by atoms with E-state index in [0.29, 0.717) is 43.2 Å². The summed E-state index contributed by atoms with van der Waals surface area (Å²) >= 11 is 3.46. The van der Waals surface area contributed by atoms with Gasteiger partial charge in [-0.25, -0.2) is 14.8 Å². The second kappa shape index (κ2) is 13.5. The Balaban J connectivity index is 1.56. The number of amides is 1. The van der Waals surface area contributed by atoms with Crippen LogP contribution in [0.2, 0.25) is 0 Å². The summed E-state index contributed by atoms with van der Waals surface area (Å²) in [5.41, 5.74) is 6.93. The van der Waals surface area contributed by atoms with Crippen molar-refractivity contribution in [3.63, 3.8) is 0 Å². The Morgan fingerprint density at radius 3 is 2.51 bits per heavy atom. The van der Waals surface area contributed by atoms with Crippen molar-refractivity contribution in [2.75, 3.05) is 19.8 Å².